The van der Waals surface area contributed by atoms with E-state index in [-0.39, 0.29) is 29.3 Å². The highest BCUT2D eigenvalue weighted by atomic mass is 19.4. The molecule has 9 heteroatoms. The fraction of sp³-hybridized carbons (Fsp3) is 0.400. The van der Waals surface area contributed by atoms with Gasteiger partial charge in [0.2, 0.25) is 5.54 Å². The molecule has 1 aliphatic heterocycles. The first-order valence-electron chi connectivity index (χ1n) is 9.13. The number of halogens is 3. The lowest BCUT2D eigenvalue weighted by Crippen LogP contribution is -2.62. The van der Waals surface area contributed by atoms with Gasteiger partial charge in [0, 0.05) is 29.4 Å². The van der Waals surface area contributed by atoms with Crippen molar-refractivity contribution in [1.82, 2.24) is 14.5 Å². The zero-order chi connectivity index (χ0) is 20.8. The van der Waals surface area contributed by atoms with Gasteiger partial charge in [0.1, 0.15) is 0 Å². The van der Waals surface area contributed by atoms with Gasteiger partial charge in [0.15, 0.2) is 6.35 Å². The number of alkyl halides is 3. The van der Waals surface area contributed by atoms with Crippen molar-refractivity contribution < 1.29 is 18.3 Å². The number of hydrogen-bond acceptors (Lipinski definition) is 5. The molecule has 0 saturated heterocycles. The molecule has 1 aromatic heterocycles. The third-order valence-corrected chi connectivity index (χ3v) is 5.24. The minimum absolute atomic E-state index is 0.0326. The molecule has 2 N–H and O–H groups in total. The van der Waals surface area contributed by atoms with Gasteiger partial charge in [-0.25, -0.2) is 9.88 Å². The summed E-state index contributed by atoms with van der Waals surface area (Å²) in [7, 11) is 1.19. The number of benzene rings is 1. The molecule has 1 aliphatic carbocycles. The van der Waals surface area contributed by atoms with Crippen LogP contribution in [0.2, 0.25) is 0 Å². The molecule has 1 aromatic carbocycles. The monoisotopic (exact) mass is 404 g/mol. The Labute approximate surface area is 165 Å². The summed E-state index contributed by atoms with van der Waals surface area (Å²) in [5.74, 6) is 5.13. The van der Waals surface area contributed by atoms with Crippen molar-refractivity contribution in [1.29, 1.82) is 0 Å². The van der Waals surface area contributed by atoms with Gasteiger partial charge in [0.25, 0.3) is 5.56 Å². The fourth-order valence-corrected chi connectivity index (χ4v) is 3.44. The van der Waals surface area contributed by atoms with Crippen LogP contribution in [0.3, 0.4) is 0 Å². The summed E-state index contributed by atoms with van der Waals surface area (Å²) in [6, 6.07) is 5.70. The van der Waals surface area contributed by atoms with E-state index in [1.165, 1.54) is 48.4 Å². The Morgan fingerprint density at radius 3 is 2.76 bits per heavy atom. The van der Waals surface area contributed by atoms with Gasteiger partial charge in [-0.2, -0.15) is 13.2 Å². The molecule has 0 amide bonds. The molecule has 2 aromatic rings. The lowest BCUT2D eigenvalue weighted by atomic mass is 9.84. The predicted octanol–water partition coefficient (Wildman–Crippen LogP) is 2.10. The standard InChI is InChI=1S/C20H19F3N4O2/c1-26-18(29)25-16-10-14(11-27-12-24-9-7-17(27)28)4-5-15(16)19(26,20(21,22)23)8-6-13-2-3-13/h4-5,7,9-10,12-13,18,25,29H,2-3,11H2,1H3. The number of nitrogens with one attached hydrogen (secondary N) is 1. The highest BCUT2D eigenvalue weighted by Gasteiger charge is 2.62. The van der Waals surface area contributed by atoms with Crippen LogP contribution < -0.4 is 10.9 Å². The first kappa shape index (κ1) is 19.5. The van der Waals surface area contributed by atoms with Crippen LogP contribution in [0, 0.1) is 17.8 Å². The number of rotatable bonds is 2. The molecule has 2 heterocycles. The van der Waals surface area contributed by atoms with Crippen LogP contribution in [-0.4, -0.2) is 39.1 Å². The molecule has 4 rings (SSSR count). The average molecular weight is 404 g/mol. The molecular weight excluding hydrogens is 385 g/mol. The zero-order valence-corrected chi connectivity index (χ0v) is 15.6. The quantitative estimate of drug-likeness (QED) is 0.751. The number of aliphatic hydroxyl groups excluding tert-OH is 1. The first-order chi connectivity index (χ1) is 13.7. The second-order valence-electron chi connectivity index (χ2n) is 7.31. The Balaban J connectivity index is 1.81. The Morgan fingerprint density at radius 1 is 1.34 bits per heavy atom. The van der Waals surface area contributed by atoms with Crippen molar-refractivity contribution in [2.75, 3.05) is 12.4 Å². The molecule has 29 heavy (non-hydrogen) atoms. The van der Waals surface area contributed by atoms with Gasteiger partial charge in [0.05, 0.1) is 12.9 Å². The summed E-state index contributed by atoms with van der Waals surface area (Å²) in [6.07, 6.45) is -2.00. The number of fused-ring (bicyclic) bond motifs is 1. The van der Waals surface area contributed by atoms with Gasteiger partial charge in [-0.15, -0.1) is 0 Å². The van der Waals surface area contributed by atoms with Crippen LogP contribution in [0.25, 0.3) is 0 Å². The van der Waals surface area contributed by atoms with Gasteiger partial charge in [-0.1, -0.05) is 24.0 Å². The van der Waals surface area contributed by atoms with Gasteiger partial charge >= 0.3 is 6.18 Å². The summed E-state index contributed by atoms with van der Waals surface area (Å²) in [4.78, 5) is 16.6. The summed E-state index contributed by atoms with van der Waals surface area (Å²) in [6.45, 7) is 0.139. The van der Waals surface area contributed by atoms with E-state index >= 15 is 0 Å². The highest BCUT2D eigenvalue weighted by molar-refractivity contribution is 5.62. The zero-order valence-electron chi connectivity index (χ0n) is 15.6. The first-order valence-corrected chi connectivity index (χ1v) is 9.13. The largest absolute Gasteiger partial charge is 0.422 e. The minimum atomic E-state index is -4.73. The van der Waals surface area contributed by atoms with Crippen LogP contribution in [0.1, 0.15) is 24.0 Å². The smallest absolute Gasteiger partial charge is 0.361 e. The molecule has 0 radical (unpaired) electrons. The Morgan fingerprint density at radius 2 is 2.10 bits per heavy atom. The van der Waals surface area contributed by atoms with Gasteiger partial charge in [-0.3, -0.25) is 9.36 Å². The molecule has 2 aliphatic rings. The molecule has 2 atom stereocenters. The molecule has 152 valence electrons. The number of anilines is 1. The maximum absolute atomic E-state index is 14.3. The molecule has 6 nitrogen and oxygen atoms in total. The minimum Gasteiger partial charge on any atom is -0.361 e. The maximum atomic E-state index is 14.3. The van der Waals surface area contributed by atoms with E-state index in [1.54, 1.807) is 0 Å². The lowest BCUT2D eigenvalue weighted by molar-refractivity contribution is -0.233. The Kier molecular flexibility index (Phi) is 4.63. The van der Waals surface area contributed by atoms with E-state index in [4.69, 9.17) is 0 Å². The van der Waals surface area contributed by atoms with Crippen LogP contribution in [0.15, 0.2) is 41.6 Å². The second kappa shape index (κ2) is 6.90. The van der Waals surface area contributed by atoms with Gasteiger partial charge in [-0.05, 0) is 31.5 Å². The van der Waals surface area contributed by atoms with E-state index in [9.17, 15) is 23.1 Å². The van der Waals surface area contributed by atoms with E-state index < -0.39 is 18.1 Å². The summed E-state index contributed by atoms with van der Waals surface area (Å²) >= 11 is 0. The number of nitrogens with zero attached hydrogens (tertiary/aromatic N) is 3. The van der Waals surface area contributed by atoms with E-state index in [0.717, 1.165) is 17.7 Å². The van der Waals surface area contributed by atoms with E-state index in [0.29, 0.717) is 5.56 Å². The Bertz CT molecular complexity index is 1050. The van der Waals surface area contributed by atoms with Crippen molar-refractivity contribution in [3.63, 3.8) is 0 Å². The summed E-state index contributed by atoms with van der Waals surface area (Å²) in [5.41, 5.74) is -2.25. The topological polar surface area (TPSA) is 70.4 Å². The summed E-state index contributed by atoms with van der Waals surface area (Å²) in [5, 5.41) is 13.0. The number of aliphatic hydroxyl groups is 1. The van der Waals surface area contributed by atoms with Crippen LogP contribution >= 0.6 is 0 Å². The lowest BCUT2D eigenvalue weighted by Gasteiger charge is -2.46. The van der Waals surface area contributed by atoms with Crippen molar-refractivity contribution in [3.05, 3.63) is 58.3 Å². The van der Waals surface area contributed by atoms with Crippen LogP contribution in [0.4, 0.5) is 18.9 Å². The van der Waals surface area contributed by atoms with Gasteiger partial charge < -0.3 is 10.4 Å². The third-order valence-electron chi connectivity index (χ3n) is 5.24. The fourth-order valence-electron chi connectivity index (χ4n) is 3.44. The molecule has 1 fully saturated rings. The van der Waals surface area contributed by atoms with Crippen LogP contribution in [0.5, 0.6) is 0 Å². The molecule has 0 bridgehead atoms. The molecule has 2 unspecified atom stereocenters. The van der Waals surface area contributed by atoms with Crippen molar-refractivity contribution >= 4 is 5.69 Å². The normalized spacial score (nSPS) is 24.2. The SMILES string of the molecule is CN1C(O)Nc2cc(Cn3cnccc3=O)ccc2C1(C#CC1CC1)C(F)(F)F. The van der Waals surface area contributed by atoms with Crippen LogP contribution in [-0.2, 0) is 12.1 Å². The highest BCUT2D eigenvalue weighted by Crippen LogP contribution is 2.49. The second-order valence-corrected chi connectivity index (χ2v) is 7.31. The molecule has 1 saturated carbocycles. The maximum Gasteiger partial charge on any atom is 0.422 e. The van der Waals surface area contributed by atoms with Crippen molar-refractivity contribution in [2.24, 2.45) is 5.92 Å². The average Bonchev–Trinajstić information content (AvgIpc) is 3.48. The van der Waals surface area contributed by atoms with Crippen molar-refractivity contribution in [2.45, 2.75) is 37.5 Å². The van der Waals surface area contributed by atoms with E-state index in [2.05, 4.69) is 22.1 Å². The Hall–Kier alpha value is -2.83. The number of aromatic nitrogens is 2. The number of hydrogen-bond donors (Lipinski definition) is 2. The van der Waals surface area contributed by atoms with E-state index in [1.807, 2.05) is 0 Å². The van der Waals surface area contributed by atoms with Crippen molar-refractivity contribution in [3.8, 4) is 11.8 Å². The predicted molar refractivity (Wildman–Crippen MR) is 99.7 cm³/mol. The molecular formula is C20H19F3N4O2. The molecule has 0 spiro atoms. The third kappa shape index (κ3) is 3.39. The summed E-state index contributed by atoms with van der Waals surface area (Å²) < 4.78 is 44.3.